The highest BCUT2D eigenvalue weighted by molar-refractivity contribution is 8.26. The number of carbonyl (C=O) groups excluding carboxylic acids is 1. The SMILES string of the molecule is CCNOS(=O)(=O)CCCN1CCC/C1=C1\SC(=S)N(C)C1=O. The van der Waals surface area contributed by atoms with Crippen LogP contribution in [0.25, 0.3) is 0 Å². The van der Waals surface area contributed by atoms with Crippen molar-refractivity contribution < 1.29 is 17.5 Å². The van der Waals surface area contributed by atoms with E-state index in [0.29, 0.717) is 28.7 Å². The zero-order chi connectivity index (χ0) is 17.0. The zero-order valence-electron chi connectivity index (χ0n) is 13.2. The number of nitrogens with one attached hydrogen (secondary N) is 1. The largest absolute Gasteiger partial charge is 0.374 e. The van der Waals surface area contributed by atoms with Gasteiger partial charge in [-0.15, -0.1) is 0 Å². The van der Waals surface area contributed by atoms with Crippen molar-refractivity contribution >= 4 is 44.3 Å². The third-order valence-corrected chi connectivity index (χ3v) is 6.35. The van der Waals surface area contributed by atoms with E-state index < -0.39 is 10.1 Å². The first kappa shape index (κ1) is 18.7. The molecule has 7 nitrogen and oxygen atoms in total. The fourth-order valence-electron chi connectivity index (χ4n) is 2.47. The van der Waals surface area contributed by atoms with Crippen LogP contribution in [0.1, 0.15) is 26.2 Å². The Bertz CT molecular complexity index is 618. The Morgan fingerprint density at radius 1 is 1.43 bits per heavy atom. The van der Waals surface area contributed by atoms with Crippen LogP contribution in [0.5, 0.6) is 0 Å². The summed E-state index contributed by atoms with van der Waals surface area (Å²) >= 11 is 6.49. The van der Waals surface area contributed by atoms with Crippen LogP contribution in [0.4, 0.5) is 0 Å². The number of likely N-dealkylation sites (tertiary alicyclic amines) is 1. The fourth-order valence-corrected chi connectivity index (χ4v) is 4.64. The fraction of sp³-hybridized carbons (Fsp3) is 0.692. The van der Waals surface area contributed by atoms with E-state index in [4.69, 9.17) is 12.2 Å². The average Bonchev–Trinajstić information content (AvgIpc) is 3.05. The Morgan fingerprint density at radius 3 is 2.78 bits per heavy atom. The molecule has 2 fully saturated rings. The van der Waals surface area contributed by atoms with E-state index in [1.54, 1.807) is 14.0 Å². The molecule has 0 atom stereocenters. The van der Waals surface area contributed by atoms with Gasteiger partial charge in [0.05, 0.1) is 10.7 Å². The van der Waals surface area contributed by atoms with Crippen LogP contribution in [0.2, 0.25) is 0 Å². The molecule has 2 rings (SSSR count). The van der Waals surface area contributed by atoms with Crippen LogP contribution in [0.3, 0.4) is 0 Å². The van der Waals surface area contributed by atoms with E-state index in [9.17, 15) is 13.2 Å². The number of thiocarbonyl (C=S) groups is 1. The summed E-state index contributed by atoms with van der Waals surface area (Å²) in [4.78, 5) is 16.5. The van der Waals surface area contributed by atoms with Gasteiger partial charge in [0.15, 0.2) is 0 Å². The van der Waals surface area contributed by atoms with E-state index in [2.05, 4.69) is 14.7 Å². The Hall–Kier alpha value is -0.680. The zero-order valence-corrected chi connectivity index (χ0v) is 15.7. The molecule has 0 aromatic rings. The molecule has 0 unspecified atom stereocenters. The molecule has 0 bridgehead atoms. The van der Waals surface area contributed by atoms with Crippen LogP contribution < -0.4 is 5.48 Å². The lowest BCUT2D eigenvalue weighted by Crippen LogP contribution is -2.27. The van der Waals surface area contributed by atoms with Crippen molar-refractivity contribution in [3.05, 3.63) is 10.6 Å². The highest BCUT2D eigenvalue weighted by Crippen LogP contribution is 2.37. The molecule has 0 saturated carbocycles. The number of rotatable bonds is 7. The van der Waals surface area contributed by atoms with Crippen molar-refractivity contribution in [3.63, 3.8) is 0 Å². The maximum atomic E-state index is 12.2. The van der Waals surface area contributed by atoms with Gasteiger partial charge in [-0.1, -0.05) is 30.9 Å². The smallest absolute Gasteiger partial charge is 0.283 e. The summed E-state index contributed by atoms with van der Waals surface area (Å²) in [5, 5.41) is 0. The summed E-state index contributed by atoms with van der Waals surface area (Å²) in [6.45, 7) is 3.60. The van der Waals surface area contributed by atoms with Gasteiger partial charge in [0.1, 0.15) is 4.32 Å². The number of carbonyl (C=O) groups is 1. The van der Waals surface area contributed by atoms with Gasteiger partial charge in [0.25, 0.3) is 16.0 Å². The van der Waals surface area contributed by atoms with Gasteiger partial charge in [-0.3, -0.25) is 9.69 Å². The molecular formula is C13H21N3O4S3. The number of hydroxylamine groups is 1. The molecule has 1 amide bonds. The number of amides is 1. The first-order valence-electron chi connectivity index (χ1n) is 7.47. The van der Waals surface area contributed by atoms with Gasteiger partial charge >= 0.3 is 0 Å². The van der Waals surface area contributed by atoms with E-state index in [-0.39, 0.29) is 11.7 Å². The van der Waals surface area contributed by atoms with E-state index >= 15 is 0 Å². The molecule has 0 radical (unpaired) electrons. The van der Waals surface area contributed by atoms with E-state index in [1.165, 1.54) is 16.7 Å². The third kappa shape index (κ3) is 4.66. The van der Waals surface area contributed by atoms with Crippen LogP contribution in [-0.2, 0) is 19.2 Å². The minimum Gasteiger partial charge on any atom is -0.374 e. The van der Waals surface area contributed by atoms with Crippen LogP contribution in [-0.4, -0.2) is 60.9 Å². The number of nitrogens with zero attached hydrogens (tertiary/aromatic N) is 2. The first-order valence-corrected chi connectivity index (χ1v) is 10.3. The summed E-state index contributed by atoms with van der Waals surface area (Å²) in [6.07, 6.45) is 2.23. The second kappa shape index (κ2) is 7.93. The minimum absolute atomic E-state index is 0.0570. The summed E-state index contributed by atoms with van der Waals surface area (Å²) in [5.41, 5.74) is 3.34. The minimum atomic E-state index is -3.56. The first-order chi connectivity index (χ1) is 10.9. The van der Waals surface area contributed by atoms with Crippen molar-refractivity contribution in [1.82, 2.24) is 15.3 Å². The molecule has 23 heavy (non-hydrogen) atoms. The van der Waals surface area contributed by atoms with Crippen molar-refractivity contribution in [3.8, 4) is 0 Å². The van der Waals surface area contributed by atoms with Gasteiger partial charge < -0.3 is 4.90 Å². The Labute approximate surface area is 146 Å². The standard InChI is InChI=1S/C13H21N3O4S3/c1-3-14-20-23(18,19)9-5-8-16-7-4-6-10(16)11-12(17)15(2)13(21)22-11/h14H,3-9H2,1-2H3/b11-10+. The molecule has 2 aliphatic heterocycles. The molecule has 0 spiro atoms. The van der Waals surface area contributed by atoms with Crippen LogP contribution in [0.15, 0.2) is 10.6 Å². The van der Waals surface area contributed by atoms with E-state index in [1.807, 2.05) is 0 Å². The monoisotopic (exact) mass is 379 g/mol. The highest BCUT2D eigenvalue weighted by atomic mass is 32.2. The normalized spacial score (nSPS) is 22.5. The van der Waals surface area contributed by atoms with Crippen LogP contribution >= 0.6 is 24.0 Å². The quantitative estimate of drug-likeness (QED) is 0.399. The molecule has 0 aromatic heterocycles. The molecule has 1 N–H and O–H groups in total. The van der Waals surface area contributed by atoms with Gasteiger partial charge in [-0.05, 0) is 19.3 Å². The molecule has 10 heteroatoms. The molecule has 2 aliphatic rings. The second-order valence-electron chi connectivity index (χ2n) is 5.30. The molecular weight excluding hydrogens is 358 g/mol. The number of hydrogen-bond acceptors (Lipinski definition) is 8. The van der Waals surface area contributed by atoms with Crippen molar-refractivity contribution in [2.24, 2.45) is 0 Å². The highest BCUT2D eigenvalue weighted by Gasteiger charge is 2.34. The van der Waals surface area contributed by atoms with E-state index in [0.717, 1.165) is 25.1 Å². The van der Waals surface area contributed by atoms with Crippen LogP contribution in [0, 0.1) is 0 Å². The third-order valence-electron chi connectivity index (χ3n) is 3.60. The average molecular weight is 380 g/mol. The molecule has 0 aromatic carbocycles. The lowest BCUT2D eigenvalue weighted by molar-refractivity contribution is -0.121. The number of hydrogen-bond donors (Lipinski definition) is 1. The maximum Gasteiger partial charge on any atom is 0.283 e. The molecule has 2 saturated heterocycles. The predicted molar refractivity (Wildman–Crippen MR) is 94.0 cm³/mol. The lowest BCUT2D eigenvalue weighted by Gasteiger charge is -2.21. The second-order valence-corrected chi connectivity index (χ2v) is 8.63. The lowest BCUT2D eigenvalue weighted by atomic mass is 10.3. The molecule has 0 aliphatic carbocycles. The summed E-state index contributed by atoms with van der Waals surface area (Å²) in [7, 11) is -1.88. The number of likely N-dealkylation sites (N-methyl/N-ethyl adjacent to an activating group) is 1. The summed E-state index contributed by atoms with van der Waals surface area (Å²) in [6, 6.07) is 0. The van der Waals surface area contributed by atoms with Gasteiger partial charge in [0, 0.05) is 32.4 Å². The van der Waals surface area contributed by atoms with Crippen molar-refractivity contribution in [2.75, 3.05) is 32.4 Å². The van der Waals surface area contributed by atoms with Gasteiger partial charge in [-0.2, -0.15) is 18.2 Å². The van der Waals surface area contributed by atoms with Gasteiger partial charge in [0.2, 0.25) is 0 Å². The number of allylic oxidation sites excluding steroid dienone is 1. The molecule has 2 heterocycles. The topological polar surface area (TPSA) is 79.0 Å². The Morgan fingerprint density at radius 2 is 2.17 bits per heavy atom. The predicted octanol–water partition coefficient (Wildman–Crippen LogP) is 1.04. The van der Waals surface area contributed by atoms with Gasteiger partial charge in [-0.25, -0.2) is 0 Å². The summed E-state index contributed by atoms with van der Waals surface area (Å²) < 4.78 is 28.5. The number of thioether (sulfide) groups is 1. The maximum absolute atomic E-state index is 12.2. The van der Waals surface area contributed by atoms with Crippen molar-refractivity contribution in [1.29, 1.82) is 0 Å². The Balaban J connectivity index is 1.96. The summed E-state index contributed by atoms with van der Waals surface area (Å²) in [5.74, 6) is -0.122. The van der Waals surface area contributed by atoms with Crippen molar-refractivity contribution in [2.45, 2.75) is 26.2 Å². The Kier molecular flexibility index (Phi) is 6.43. The molecule has 130 valence electrons.